The maximum Gasteiger partial charge on any atom is 0.0346 e. The van der Waals surface area contributed by atoms with E-state index < -0.39 is 0 Å². The standard InChI is InChI=1S/C26H16Br2N4/c27-25-21(17-5-1-9-29-13-17)22(18-6-2-10-30-14-18)26(28)24(20-8-4-12-32-16-20)23(25)19-7-3-11-31-15-19/h1-16H. The van der Waals surface area contributed by atoms with Crippen LogP contribution < -0.4 is 0 Å². The number of pyridine rings is 4. The van der Waals surface area contributed by atoms with Gasteiger partial charge in [-0.25, -0.2) is 0 Å². The molecule has 5 rings (SSSR count). The maximum atomic E-state index is 4.38. The van der Waals surface area contributed by atoms with Crippen molar-refractivity contribution in [2.24, 2.45) is 0 Å². The molecule has 6 heteroatoms. The second-order valence-corrected chi connectivity index (χ2v) is 8.68. The fourth-order valence-electron chi connectivity index (χ4n) is 3.82. The number of rotatable bonds is 4. The zero-order valence-electron chi connectivity index (χ0n) is 16.8. The van der Waals surface area contributed by atoms with Crippen molar-refractivity contribution in [3.8, 4) is 44.5 Å². The van der Waals surface area contributed by atoms with Gasteiger partial charge in [0.2, 0.25) is 0 Å². The van der Waals surface area contributed by atoms with Crippen LogP contribution in [0.3, 0.4) is 0 Å². The van der Waals surface area contributed by atoms with Gasteiger partial charge in [-0.2, -0.15) is 0 Å². The molecule has 0 saturated heterocycles. The van der Waals surface area contributed by atoms with E-state index in [1.165, 1.54) is 0 Å². The lowest BCUT2D eigenvalue weighted by Gasteiger charge is -2.23. The van der Waals surface area contributed by atoms with Crippen molar-refractivity contribution in [3.05, 3.63) is 107 Å². The fourth-order valence-corrected chi connectivity index (χ4v) is 5.52. The van der Waals surface area contributed by atoms with Crippen LogP contribution in [0.4, 0.5) is 0 Å². The zero-order chi connectivity index (χ0) is 21.9. The van der Waals surface area contributed by atoms with Crippen molar-refractivity contribution in [2.75, 3.05) is 0 Å². The second kappa shape index (κ2) is 9.10. The third kappa shape index (κ3) is 3.76. The number of aromatic nitrogens is 4. The summed E-state index contributed by atoms with van der Waals surface area (Å²) in [5, 5.41) is 0. The summed E-state index contributed by atoms with van der Waals surface area (Å²) in [4.78, 5) is 17.5. The Morgan fingerprint density at radius 2 is 0.656 bits per heavy atom. The summed E-state index contributed by atoms with van der Waals surface area (Å²) < 4.78 is 1.92. The van der Waals surface area contributed by atoms with E-state index in [9.17, 15) is 0 Å². The summed E-state index contributed by atoms with van der Waals surface area (Å²) in [7, 11) is 0. The molecule has 0 radical (unpaired) electrons. The topological polar surface area (TPSA) is 51.6 Å². The zero-order valence-corrected chi connectivity index (χ0v) is 20.0. The minimum atomic E-state index is 0.958. The highest BCUT2D eigenvalue weighted by molar-refractivity contribution is 9.11. The highest BCUT2D eigenvalue weighted by Crippen LogP contribution is 2.52. The van der Waals surface area contributed by atoms with Gasteiger partial charge in [0.05, 0.1) is 0 Å². The van der Waals surface area contributed by atoms with Gasteiger partial charge < -0.3 is 0 Å². The van der Waals surface area contributed by atoms with E-state index in [1.807, 2.05) is 49.1 Å². The average molecular weight is 544 g/mol. The van der Waals surface area contributed by atoms with Crippen LogP contribution in [0.1, 0.15) is 0 Å². The van der Waals surface area contributed by atoms with Gasteiger partial charge in [0.25, 0.3) is 0 Å². The monoisotopic (exact) mass is 542 g/mol. The van der Waals surface area contributed by atoms with Gasteiger partial charge in [-0.05, 0) is 56.1 Å². The molecule has 0 aliphatic rings. The molecule has 32 heavy (non-hydrogen) atoms. The van der Waals surface area contributed by atoms with Gasteiger partial charge in [-0.3, -0.25) is 19.9 Å². The molecule has 1 aromatic carbocycles. The first-order valence-electron chi connectivity index (χ1n) is 9.92. The molecule has 154 valence electrons. The van der Waals surface area contributed by atoms with Crippen LogP contribution in [-0.2, 0) is 0 Å². The molecule has 0 unspecified atom stereocenters. The largest absolute Gasteiger partial charge is 0.264 e. The summed E-state index contributed by atoms with van der Waals surface area (Å²) in [6.07, 6.45) is 14.6. The molecule has 0 fully saturated rings. The van der Waals surface area contributed by atoms with Crippen molar-refractivity contribution in [1.29, 1.82) is 0 Å². The normalized spacial score (nSPS) is 10.8. The Labute approximate surface area is 202 Å². The van der Waals surface area contributed by atoms with Crippen LogP contribution in [0, 0.1) is 0 Å². The predicted molar refractivity (Wildman–Crippen MR) is 135 cm³/mol. The van der Waals surface area contributed by atoms with Crippen molar-refractivity contribution >= 4 is 31.9 Å². The van der Waals surface area contributed by atoms with Crippen LogP contribution in [-0.4, -0.2) is 19.9 Å². The highest BCUT2D eigenvalue weighted by atomic mass is 79.9. The van der Waals surface area contributed by atoms with E-state index in [0.717, 1.165) is 53.5 Å². The molecular weight excluding hydrogens is 528 g/mol. The van der Waals surface area contributed by atoms with Crippen molar-refractivity contribution in [2.45, 2.75) is 0 Å². The fraction of sp³-hybridized carbons (Fsp3) is 0. The summed E-state index contributed by atoms with van der Waals surface area (Å²) in [6.45, 7) is 0. The van der Waals surface area contributed by atoms with Gasteiger partial charge in [0, 0.05) is 103 Å². The molecule has 0 amide bonds. The Morgan fingerprint density at radius 1 is 0.406 bits per heavy atom. The third-order valence-electron chi connectivity index (χ3n) is 5.18. The van der Waals surface area contributed by atoms with Crippen LogP contribution in [0.2, 0.25) is 0 Å². The van der Waals surface area contributed by atoms with E-state index >= 15 is 0 Å². The van der Waals surface area contributed by atoms with E-state index in [2.05, 4.69) is 76.1 Å². The lowest BCUT2D eigenvalue weighted by molar-refractivity contribution is 1.30. The Hall–Kier alpha value is -3.22. The summed E-state index contributed by atoms with van der Waals surface area (Å²) in [5.74, 6) is 0. The maximum absolute atomic E-state index is 4.38. The van der Waals surface area contributed by atoms with Gasteiger partial charge in [0.15, 0.2) is 0 Å². The molecule has 0 atom stereocenters. The Balaban J connectivity index is 1.97. The molecule has 4 heterocycles. The molecule has 5 aromatic rings. The van der Waals surface area contributed by atoms with Crippen molar-refractivity contribution in [3.63, 3.8) is 0 Å². The van der Waals surface area contributed by atoms with Gasteiger partial charge in [-0.15, -0.1) is 0 Å². The van der Waals surface area contributed by atoms with Crippen LogP contribution >= 0.6 is 31.9 Å². The first-order valence-corrected chi connectivity index (χ1v) is 11.5. The SMILES string of the molecule is Brc1c(-c2cccnc2)c(-c2cccnc2)c(Br)c(-c2cccnc2)c1-c1cccnc1. The van der Waals surface area contributed by atoms with Gasteiger partial charge >= 0.3 is 0 Å². The quantitative estimate of drug-likeness (QED) is 0.236. The Morgan fingerprint density at radius 3 is 0.844 bits per heavy atom. The van der Waals surface area contributed by atoms with Crippen LogP contribution in [0.25, 0.3) is 44.5 Å². The van der Waals surface area contributed by atoms with Gasteiger partial charge in [-0.1, -0.05) is 24.3 Å². The molecule has 0 spiro atoms. The second-order valence-electron chi connectivity index (χ2n) is 7.09. The van der Waals surface area contributed by atoms with Crippen LogP contribution in [0.15, 0.2) is 107 Å². The molecule has 0 bridgehead atoms. The molecule has 4 aromatic heterocycles. The van der Waals surface area contributed by atoms with E-state index in [0.29, 0.717) is 0 Å². The first-order chi connectivity index (χ1) is 15.8. The third-order valence-corrected chi connectivity index (χ3v) is 6.76. The Kier molecular flexibility index (Phi) is 5.88. The molecular formula is C26H16Br2N4. The molecule has 0 aliphatic carbocycles. The molecule has 0 N–H and O–H groups in total. The number of halogens is 2. The van der Waals surface area contributed by atoms with E-state index in [1.54, 1.807) is 24.8 Å². The Bertz CT molecular complexity index is 1150. The smallest absolute Gasteiger partial charge is 0.0346 e. The minimum absolute atomic E-state index is 0.958. The molecule has 0 saturated carbocycles. The number of hydrogen-bond acceptors (Lipinski definition) is 4. The van der Waals surface area contributed by atoms with Crippen molar-refractivity contribution in [1.82, 2.24) is 19.9 Å². The summed E-state index contributed by atoms with van der Waals surface area (Å²) in [5.41, 5.74) is 8.13. The number of hydrogen-bond donors (Lipinski definition) is 0. The first kappa shape index (κ1) is 20.7. The number of benzene rings is 1. The summed E-state index contributed by atoms with van der Waals surface area (Å²) in [6, 6.07) is 16.0. The minimum Gasteiger partial charge on any atom is -0.264 e. The van der Waals surface area contributed by atoms with E-state index in [-0.39, 0.29) is 0 Å². The van der Waals surface area contributed by atoms with Crippen LogP contribution in [0.5, 0.6) is 0 Å². The van der Waals surface area contributed by atoms with E-state index in [4.69, 9.17) is 0 Å². The van der Waals surface area contributed by atoms with Crippen molar-refractivity contribution < 1.29 is 0 Å². The lowest BCUT2D eigenvalue weighted by Crippen LogP contribution is -1.98. The highest BCUT2D eigenvalue weighted by Gasteiger charge is 2.25. The van der Waals surface area contributed by atoms with Gasteiger partial charge in [0.1, 0.15) is 0 Å². The molecule has 0 aliphatic heterocycles. The average Bonchev–Trinajstić information content (AvgIpc) is 2.87. The molecule has 4 nitrogen and oxygen atoms in total. The lowest BCUT2D eigenvalue weighted by atomic mass is 9.87. The number of nitrogens with zero attached hydrogens (tertiary/aromatic N) is 4. The summed E-state index contributed by atoms with van der Waals surface area (Å²) >= 11 is 7.94. The predicted octanol–water partition coefficient (Wildman–Crippen LogP) is 7.46.